The zero-order chi connectivity index (χ0) is 16.9. The Hall–Kier alpha value is -2.50. The first-order valence-corrected chi connectivity index (χ1v) is 7.35. The number of fused-ring (bicyclic) bond motifs is 1. The second-order valence-corrected chi connectivity index (χ2v) is 5.35. The Labute approximate surface area is 135 Å². The lowest BCUT2D eigenvalue weighted by Gasteiger charge is -2.35. The Bertz CT molecular complexity index is 622. The first kappa shape index (κ1) is 16.9. The average Bonchev–Trinajstić information content (AvgIpc) is 2.54. The summed E-state index contributed by atoms with van der Waals surface area (Å²) in [6.45, 7) is 4.27. The van der Waals surface area contributed by atoms with E-state index < -0.39 is 17.5 Å². The van der Waals surface area contributed by atoms with Gasteiger partial charge in [-0.2, -0.15) is 0 Å². The van der Waals surface area contributed by atoms with Crippen molar-refractivity contribution in [1.29, 1.82) is 0 Å². The van der Waals surface area contributed by atoms with Crippen LogP contribution in [0.4, 0.5) is 0 Å². The third-order valence-electron chi connectivity index (χ3n) is 3.35. The first-order valence-electron chi connectivity index (χ1n) is 7.35. The highest BCUT2D eigenvalue weighted by atomic mass is 16.6. The molecule has 0 amide bonds. The number of benzene rings is 1. The summed E-state index contributed by atoms with van der Waals surface area (Å²) in [5.41, 5.74) is -0.228. The van der Waals surface area contributed by atoms with Crippen molar-refractivity contribution in [3.8, 4) is 11.5 Å². The highest BCUT2D eigenvalue weighted by Crippen LogP contribution is 2.37. The van der Waals surface area contributed by atoms with Gasteiger partial charge in [-0.15, -0.1) is 0 Å². The number of carbonyl (C=O) groups is 2. The summed E-state index contributed by atoms with van der Waals surface area (Å²) in [4.78, 5) is 22.9. The van der Waals surface area contributed by atoms with E-state index in [9.17, 15) is 9.59 Å². The average molecular weight is 320 g/mol. The van der Waals surface area contributed by atoms with E-state index in [4.69, 9.17) is 14.2 Å². The van der Waals surface area contributed by atoms with Crippen molar-refractivity contribution in [2.24, 2.45) is 0 Å². The maximum atomic E-state index is 11.8. The molecule has 1 heterocycles. The van der Waals surface area contributed by atoms with Crippen LogP contribution in [-0.2, 0) is 14.3 Å². The van der Waals surface area contributed by atoms with Gasteiger partial charge in [0, 0.05) is 12.5 Å². The fourth-order valence-corrected chi connectivity index (χ4v) is 2.15. The second kappa shape index (κ2) is 7.17. The quantitative estimate of drug-likeness (QED) is 0.613. The third kappa shape index (κ3) is 4.25. The summed E-state index contributed by atoms with van der Waals surface area (Å²) in [7, 11) is 1.32. The molecule has 6 nitrogen and oxygen atoms in total. The molecule has 0 bridgehead atoms. The molecular formula is C17H20O6. The van der Waals surface area contributed by atoms with Crippen molar-refractivity contribution in [1.82, 2.24) is 0 Å². The molecule has 0 saturated heterocycles. The molecule has 23 heavy (non-hydrogen) atoms. The van der Waals surface area contributed by atoms with Crippen molar-refractivity contribution in [3.63, 3.8) is 0 Å². The molecule has 1 aromatic carbocycles. The van der Waals surface area contributed by atoms with E-state index in [2.05, 4.69) is 4.74 Å². The lowest BCUT2D eigenvalue weighted by molar-refractivity contribution is -0.134. The van der Waals surface area contributed by atoms with Crippen LogP contribution >= 0.6 is 0 Å². The lowest BCUT2D eigenvalue weighted by atomic mass is 10.0. The maximum absolute atomic E-state index is 11.8. The van der Waals surface area contributed by atoms with E-state index in [0.717, 1.165) is 0 Å². The standard InChI is InChI=1S/C17H20O6/c1-4-21-16(19)12-7-8-13-14(10-12)23-17(2,11-22-13)9-5-6-15(18)20-3/h5-8,10H,4,9,11H2,1-3H3/b6-5+. The Morgan fingerprint density at radius 3 is 2.83 bits per heavy atom. The van der Waals surface area contributed by atoms with Crippen LogP contribution < -0.4 is 9.47 Å². The SMILES string of the molecule is CCOC(=O)c1ccc2c(c1)OC(C)(C/C=C/C(=O)OC)CO2. The van der Waals surface area contributed by atoms with Gasteiger partial charge >= 0.3 is 11.9 Å². The number of esters is 2. The van der Waals surface area contributed by atoms with Crippen molar-refractivity contribution < 1.29 is 28.5 Å². The first-order chi connectivity index (χ1) is 11.0. The van der Waals surface area contributed by atoms with Gasteiger partial charge in [-0.25, -0.2) is 9.59 Å². The highest BCUT2D eigenvalue weighted by molar-refractivity contribution is 5.90. The molecule has 1 aliphatic heterocycles. The molecule has 124 valence electrons. The Morgan fingerprint density at radius 2 is 2.13 bits per heavy atom. The zero-order valence-corrected chi connectivity index (χ0v) is 13.5. The molecule has 1 aliphatic rings. The number of hydrogen-bond donors (Lipinski definition) is 0. The van der Waals surface area contributed by atoms with E-state index in [1.54, 1.807) is 31.2 Å². The molecule has 0 saturated carbocycles. The van der Waals surface area contributed by atoms with Gasteiger partial charge in [0.15, 0.2) is 11.5 Å². The van der Waals surface area contributed by atoms with Crippen LogP contribution in [0.5, 0.6) is 11.5 Å². The molecule has 0 fully saturated rings. The number of ether oxygens (including phenoxy) is 4. The van der Waals surface area contributed by atoms with Gasteiger partial charge in [-0.3, -0.25) is 0 Å². The van der Waals surface area contributed by atoms with Gasteiger partial charge in [0.2, 0.25) is 0 Å². The van der Waals surface area contributed by atoms with Gasteiger partial charge in [0.1, 0.15) is 12.2 Å². The summed E-state index contributed by atoms with van der Waals surface area (Å²) >= 11 is 0. The van der Waals surface area contributed by atoms with Gasteiger partial charge in [0.25, 0.3) is 0 Å². The Kier molecular flexibility index (Phi) is 5.26. The fraction of sp³-hybridized carbons (Fsp3) is 0.412. The molecule has 1 unspecified atom stereocenters. The molecule has 1 atom stereocenters. The van der Waals surface area contributed by atoms with Crippen LogP contribution in [0.1, 0.15) is 30.6 Å². The predicted molar refractivity (Wildman–Crippen MR) is 82.7 cm³/mol. The molecule has 2 rings (SSSR count). The topological polar surface area (TPSA) is 71.1 Å². The number of hydrogen-bond acceptors (Lipinski definition) is 6. The van der Waals surface area contributed by atoms with Crippen molar-refractivity contribution in [3.05, 3.63) is 35.9 Å². The fourth-order valence-electron chi connectivity index (χ4n) is 2.15. The van der Waals surface area contributed by atoms with Crippen molar-refractivity contribution in [2.45, 2.75) is 25.9 Å². The molecular weight excluding hydrogens is 300 g/mol. The smallest absolute Gasteiger partial charge is 0.338 e. The monoisotopic (exact) mass is 320 g/mol. The van der Waals surface area contributed by atoms with Gasteiger partial charge in [-0.1, -0.05) is 6.08 Å². The molecule has 0 N–H and O–H groups in total. The molecule has 1 aromatic rings. The van der Waals surface area contributed by atoms with Gasteiger partial charge in [-0.05, 0) is 32.0 Å². The van der Waals surface area contributed by atoms with Crippen LogP contribution in [0.15, 0.2) is 30.4 Å². The minimum absolute atomic E-state index is 0.309. The van der Waals surface area contributed by atoms with Crippen LogP contribution in [0.2, 0.25) is 0 Å². The van der Waals surface area contributed by atoms with Crippen LogP contribution in [-0.4, -0.2) is 37.9 Å². The largest absolute Gasteiger partial charge is 0.486 e. The molecule has 0 spiro atoms. The summed E-state index contributed by atoms with van der Waals surface area (Å²) in [5.74, 6) is 0.232. The van der Waals surface area contributed by atoms with Gasteiger partial charge in [0.05, 0.1) is 19.3 Å². The summed E-state index contributed by atoms with van der Waals surface area (Å²) in [6.07, 6.45) is 3.49. The predicted octanol–water partition coefficient (Wildman–Crippen LogP) is 2.51. The minimum Gasteiger partial charge on any atom is -0.486 e. The lowest BCUT2D eigenvalue weighted by Crippen LogP contribution is -2.41. The van der Waals surface area contributed by atoms with E-state index >= 15 is 0 Å². The summed E-state index contributed by atoms with van der Waals surface area (Å²) in [5, 5.41) is 0. The number of methoxy groups -OCH3 is 1. The van der Waals surface area contributed by atoms with Crippen LogP contribution in [0.3, 0.4) is 0 Å². The summed E-state index contributed by atoms with van der Waals surface area (Å²) < 4.78 is 21.2. The normalized spacial score (nSPS) is 19.4. The second-order valence-electron chi connectivity index (χ2n) is 5.35. The third-order valence-corrected chi connectivity index (χ3v) is 3.35. The van der Waals surface area contributed by atoms with E-state index in [0.29, 0.717) is 36.7 Å². The van der Waals surface area contributed by atoms with E-state index in [-0.39, 0.29) is 0 Å². The molecule has 0 radical (unpaired) electrons. The zero-order valence-electron chi connectivity index (χ0n) is 13.5. The summed E-state index contributed by atoms with van der Waals surface area (Å²) in [6, 6.07) is 4.93. The molecule has 0 aliphatic carbocycles. The molecule has 6 heteroatoms. The Balaban J connectivity index is 2.12. The van der Waals surface area contributed by atoms with Crippen molar-refractivity contribution in [2.75, 3.05) is 20.3 Å². The number of carbonyl (C=O) groups excluding carboxylic acids is 2. The number of rotatable bonds is 5. The van der Waals surface area contributed by atoms with E-state index in [1.165, 1.54) is 13.2 Å². The highest BCUT2D eigenvalue weighted by Gasteiger charge is 2.32. The minimum atomic E-state index is -0.634. The maximum Gasteiger partial charge on any atom is 0.338 e. The molecule has 0 aromatic heterocycles. The van der Waals surface area contributed by atoms with Crippen LogP contribution in [0.25, 0.3) is 0 Å². The van der Waals surface area contributed by atoms with Crippen molar-refractivity contribution >= 4 is 11.9 Å². The van der Waals surface area contributed by atoms with Crippen LogP contribution in [0, 0.1) is 0 Å². The van der Waals surface area contributed by atoms with Gasteiger partial charge < -0.3 is 18.9 Å². The Morgan fingerprint density at radius 1 is 1.35 bits per heavy atom. The van der Waals surface area contributed by atoms with E-state index in [1.807, 2.05) is 6.92 Å².